The van der Waals surface area contributed by atoms with E-state index in [9.17, 15) is 4.39 Å². The number of hydrogen-bond donors (Lipinski definition) is 3. The second kappa shape index (κ2) is 6.62. The molecule has 0 radical (unpaired) electrons. The zero-order chi connectivity index (χ0) is 20.1. The number of anilines is 1. The molecule has 5 rings (SSSR count). The first-order valence-corrected chi connectivity index (χ1v) is 9.73. The number of hydrogen-bond acceptors (Lipinski definition) is 3. The molecular weight excluding hydrogens is 365 g/mol. The lowest BCUT2D eigenvalue weighted by Crippen LogP contribution is -2.31. The Bertz CT molecular complexity index is 1130. The number of methoxy groups -OCH3 is 1. The number of fused-ring (bicyclic) bond motifs is 5. The largest absolute Gasteiger partial charge is 0.497 e. The lowest BCUT2D eigenvalue weighted by Gasteiger charge is -2.38. The van der Waals surface area contributed by atoms with Gasteiger partial charge in [0.05, 0.1) is 13.2 Å². The molecule has 0 bridgehead atoms. The van der Waals surface area contributed by atoms with E-state index < -0.39 is 0 Å². The molecule has 5 heteroatoms. The van der Waals surface area contributed by atoms with Crippen LogP contribution in [0.3, 0.4) is 0 Å². The maximum atomic E-state index is 15.0. The number of benzene rings is 3. The Morgan fingerprint density at radius 3 is 2.66 bits per heavy atom. The summed E-state index contributed by atoms with van der Waals surface area (Å²) in [6, 6.07) is 19.2. The van der Waals surface area contributed by atoms with E-state index in [1.165, 1.54) is 17.2 Å². The van der Waals surface area contributed by atoms with Crippen LogP contribution in [0.1, 0.15) is 39.8 Å². The minimum atomic E-state index is -0.264. The third kappa shape index (κ3) is 2.77. The van der Waals surface area contributed by atoms with Gasteiger partial charge in [0.15, 0.2) is 0 Å². The van der Waals surface area contributed by atoms with E-state index in [0.29, 0.717) is 16.9 Å². The summed E-state index contributed by atoms with van der Waals surface area (Å²) in [6.07, 6.45) is 0.869. The number of ether oxygens (including phenoxy) is 1. The normalized spacial score (nSPS) is 21.5. The highest BCUT2D eigenvalue weighted by Crippen LogP contribution is 2.54. The Morgan fingerprint density at radius 2 is 1.90 bits per heavy atom. The highest BCUT2D eigenvalue weighted by molar-refractivity contribution is 5.95. The molecule has 3 aromatic rings. The van der Waals surface area contributed by atoms with Crippen LogP contribution in [0.25, 0.3) is 0 Å². The standard InChI is InChI=1S/C24H22FN3O/c1-29-15-7-8-17(20(25)12-15)23-19-10-13-4-2-3-5-16(13)22(19)18-11-14(24(26)27)6-9-21(18)28-23/h2-9,11-12,19,22-23,28H,10H2,1H3,(H3,26,27). The number of nitrogen functional groups attached to an aromatic ring is 1. The van der Waals surface area contributed by atoms with Crippen LogP contribution in [0.4, 0.5) is 10.1 Å². The molecule has 0 aromatic heterocycles. The molecule has 3 atom stereocenters. The van der Waals surface area contributed by atoms with Crippen LogP contribution < -0.4 is 15.8 Å². The monoisotopic (exact) mass is 387 g/mol. The molecule has 4 N–H and O–H groups in total. The fraction of sp³-hybridized carbons (Fsp3) is 0.208. The molecule has 0 amide bonds. The Hall–Kier alpha value is -3.34. The molecule has 3 unspecified atom stereocenters. The van der Waals surface area contributed by atoms with Crippen LogP contribution in [-0.4, -0.2) is 12.9 Å². The van der Waals surface area contributed by atoms with Crippen LogP contribution in [-0.2, 0) is 6.42 Å². The summed E-state index contributed by atoms with van der Waals surface area (Å²) < 4.78 is 20.2. The first kappa shape index (κ1) is 17.7. The molecule has 1 aliphatic carbocycles. The van der Waals surface area contributed by atoms with Crippen molar-refractivity contribution in [2.24, 2.45) is 11.7 Å². The lowest BCUT2D eigenvalue weighted by atomic mass is 9.75. The SMILES string of the molecule is COc1ccc(C2Nc3ccc(C(=N)N)cc3C3c4ccccc4CC23)c(F)c1. The minimum Gasteiger partial charge on any atom is -0.497 e. The number of nitrogens with one attached hydrogen (secondary N) is 2. The third-order valence-corrected chi connectivity index (χ3v) is 6.25. The maximum Gasteiger partial charge on any atom is 0.132 e. The summed E-state index contributed by atoms with van der Waals surface area (Å²) in [5.74, 6) is 0.609. The first-order chi connectivity index (χ1) is 14.1. The number of nitrogens with two attached hydrogens (primary N) is 1. The molecule has 29 heavy (non-hydrogen) atoms. The van der Waals surface area contributed by atoms with Crippen molar-refractivity contribution >= 4 is 11.5 Å². The van der Waals surface area contributed by atoms with E-state index in [1.54, 1.807) is 7.11 Å². The molecule has 146 valence electrons. The second-order valence-electron chi connectivity index (χ2n) is 7.77. The van der Waals surface area contributed by atoms with Crippen molar-refractivity contribution in [2.75, 3.05) is 12.4 Å². The van der Waals surface area contributed by atoms with Crippen molar-refractivity contribution in [1.29, 1.82) is 5.41 Å². The van der Waals surface area contributed by atoms with Gasteiger partial charge in [0.1, 0.15) is 17.4 Å². The van der Waals surface area contributed by atoms with Gasteiger partial charge in [-0.15, -0.1) is 0 Å². The molecule has 0 spiro atoms. The molecule has 1 aliphatic heterocycles. The molecule has 0 saturated carbocycles. The van der Waals surface area contributed by atoms with Crippen LogP contribution in [0, 0.1) is 17.1 Å². The van der Waals surface area contributed by atoms with Crippen molar-refractivity contribution in [3.63, 3.8) is 0 Å². The van der Waals surface area contributed by atoms with E-state index in [0.717, 1.165) is 17.7 Å². The van der Waals surface area contributed by atoms with Gasteiger partial charge in [-0.2, -0.15) is 0 Å². The van der Waals surface area contributed by atoms with Gasteiger partial charge in [0.2, 0.25) is 0 Å². The van der Waals surface area contributed by atoms with Gasteiger partial charge in [-0.1, -0.05) is 30.3 Å². The van der Waals surface area contributed by atoms with Crippen molar-refractivity contribution in [3.8, 4) is 5.75 Å². The van der Waals surface area contributed by atoms with E-state index in [1.807, 2.05) is 30.3 Å². The lowest BCUT2D eigenvalue weighted by molar-refractivity contribution is 0.398. The van der Waals surface area contributed by atoms with Crippen molar-refractivity contribution in [1.82, 2.24) is 0 Å². The van der Waals surface area contributed by atoms with Gasteiger partial charge >= 0.3 is 0 Å². The summed E-state index contributed by atoms with van der Waals surface area (Å²) in [4.78, 5) is 0. The van der Waals surface area contributed by atoms with Gasteiger partial charge < -0.3 is 15.8 Å². The average molecular weight is 387 g/mol. The van der Waals surface area contributed by atoms with Gasteiger partial charge in [-0.05, 0) is 53.3 Å². The molecule has 0 saturated heterocycles. The number of amidine groups is 1. The van der Waals surface area contributed by atoms with Gasteiger partial charge in [-0.3, -0.25) is 5.41 Å². The third-order valence-electron chi connectivity index (χ3n) is 6.25. The Kier molecular flexibility index (Phi) is 4.05. The van der Waals surface area contributed by atoms with Crippen LogP contribution >= 0.6 is 0 Å². The molecule has 0 fully saturated rings. The summed E-state index contributed by atoms with van der Waals surface area (Å²) in [7, 11) is 1.54. The molecular formula is C24H22FN3O. The van der Waals surface area contributed by atoms with Crippen LogP contribution in [0.5, 0.6) is 5.75 Å². The molecule has 4 nitrogen and oxygen atoms in total. The van der Waals surface area contributed by atoms with Crippen molar-refractivity contribution < 1.29 is 9.13 Å². The van der Waals surface area contributed by atoms with Crippen molar-refractivity contribution in [2.45, 2.75) is 18.4 Å². The zero-order valence-electron chi connectivity index (χ0n) is 16.1. The number of rotatable bonds is 3. The quantitative estimate of drug-likeness (QED) is 0.455. The Morgan fingerprint density at radius 1 is 1.07 bits per heavy atom. The maximum absolute atomic E-state index is 15.0. The minimum absolute atomic E-state index is 0.0546. The molecule has 3 aromatic carbocycles. The van der Waals surface area contributed by atoms with Gasteiger partial charge in [-0.25, -0.2) is 4.39 Å². The van der Waals surface area contributed by atoms with E-state index in [4.69, 9.17) is 15.9 Å². The fourth-order valence-corrected chi connectivity index (χ4v) is 4.92. The average Bonchev–Trinajstić information content (AvgIpc) is 3.12. The Balaban J connectivity index is 1.67. The van der Waals surface area contributed by atoms with Gasteiger partial charge in [0, 0.05) is 28.8 Å². The summed E-state index contributed by atoms with van der Waals surface area (Å²) in [6.45, 7) is 0. The highest BCUT2D eigenvalue weighted by atomic mass is 19.1. The highest BCUT2D eigenvalue weighted by Gasteiger charge is 2.44. The molecule has 2 aliphatic rings. The van der Waals surface area contributed by atoms with E-state index >= 15 is 0 Å². The predicted octanol–water partition coefficient (Wildman–Crippen LogP) is 4.59. The van der Waals surface area contributed by atoms with Crippen LogP contribution in [0.15, 0.2) is 60.7 Å². The zero-order valence-corrected chi connectivity index (χ0v) is 16.1. The van der Waals surface area contributed by atoms with Crippen LogP contribution in [0.2, 0.25) is 0 Å². The van der Waals surface area contributed by atoms with Crippen molar-refractivity contribution in [3.05, 3.63) is 94.3 Å². The first-order valence-electron chi connectivity index (χ1n) is 9.73. The number of halogens is 1. The summed E-state index contributed by atoms with van der Waals surface area (Å²) >= 11 is 0. The summed E-state index contributed by atoms with van der Waals surface area (Å²) in [5, 5.41) is 11.4. The predicted molar refractivity (Wildman–Crippen MR) is 112 cm³/mol. The summed E-state index contributed by atoms with van der Waals surface area (Å²) in [5.41, 5.74) is 11.8. The topological polar surface area (TPSA) is 71.1 Å². The fourth-order valence-electron chi connectivity index (χ4n) is 4.92. The smallest absolute Gasteiger partial charge is 0.132 e. The molecule has 1 heterocycles. The Labute approximate surface area is 169 Å². The van der Waals surface area contributed by atoms with Gasteiger partial charge in [0.25, 0.3) is 0 Å². The second-order valence-corrected chi connectivity index (χ2v) is 7.77. The van der Waals surface area contributed by atoms with E-state index in [2.05, 4.69) is 29.6 Å². The van der Waals surface area contributed by atoms with E-state index in [-0.39, 0.29) is 29.5 Å².